The fraction of sp³-hybridized carbons (Fsp3) is 0.407. The van der Waals surface area contributed by atoms with Crippen LogP contribution in [0.1, 0.15) is 35.2 Å². The van der Waals surface area contributed by atoms with Gasteiger partial charge in [0.15, 0.2) is 0 Å². The van der Waals surface area contributed by atoms with E-state index < -0.39 is 47.4 Å². The number of esters is 4. The smallest absolute Gasteiger partial charge is 0.338 e. The van der Waals surface area contributed by atoms with E-state index >= 15 is 0 Å². The van der Waals surface area contributed by atoms with Gasteiger partial charge in [-0.15, -0.1) is 0 Å². The first-order valence-electron chi connectivity index (χ1n) is 11.8. The molecule has 0 spiro atoms. The minimum atomic E-state index is -1.27. The van der Waals surface area contributed by atoms with Crippen molar-refractivity contribution in [3.8, 4) is 0 Å². The monoisotopic (exact) mass is 478 g/mol. The molecule has 8 nitrogen and oxygen atoms in total. The number of fused-ring (bicyclic) bond motifs is 5. The van der Waals surface area contributed by atoms with Crippen LogP contribution in [-0.2, 0) is 39.8 Å². The van der Waals surface area contributed by atoms with Crippen molar-refractivity contribution >= 4 is 23.9 Å². The second-order valence-corrected chi connectivity index (χ2v) is 9.25. The molecule has 0 N–H and O–H groups in total. The number of rotatable bonds is 9. The summed E-state index contributed by atoms with van der Waals surface area (Å²) in [5, 5.41) is 0. The lowest BCUT2D eigenvalue weighted by molar-refractivity contribution is -0.163. The van der Waals surface area contributed by atoms with Gasteiger partial charge < -0.3 is 18.9 Å². The summed E-state index contributed by atoms with van der Waals surface area (Å²) in [5.74, 6) is -4.23. The van der Waals surface area contributed by atoms with Crippen molar-refractivity contribution in [2.24, 2.45) is 17.8 Å². The molecule has 0 aliphatic carbocycles. The van der Waals surface area contributed by atoms with Crippen molar-refractivity contribution in [1.29, 1.82) is 0 Å². The van der Waals surface area contributed by atoms with E-state index in [4.69, 9.17) is 18.9 Å². The fourth-order valence-electron chi connectivity index (χ4n) is 5.47. The maximum absolute atomic E-state index is 12.6. The standard InChI is InChI=1S/C27H26O8/c28-21(13-7-10-17-8-3-1-4-9-17)32-15-19-14-20-22-23(26(31)34-25(22)30)27(19,35-20)16-33-24(29)18-11-5-2-6-12-18/h1-6,8-9,11-12,19-20,22-23H,7,10,13-16H2/t19-,20+,22+,23-,27-/m0/s1. The van der Waals surface area contributed by atoms with E-state index in [-0.39, 0.29) is 25.6 Å². The fourth-order valence-corrected chi connectivity index (χ4v) is 5.47. The van der Waals surface area contributed by atoms with E-state index in [2.05, 4.69) is 0 Å². The predicted octanol–water partition coefficient (Wildman–Crippen LogP) is 2.88. The highest BCUT2D eigenvalue weighted by Gasteiger charge is 2.73. The summed E-state index contributed by atoms with van der Waals surface area (Å²) in [6.45, 7) is -0.231. The first kappa shape index (κ1) is 23.2. The van der Waals surface area contributed by atoms with Gasteiger partial charge in [0.1, 0.15) is 18.1 Å². The first-order chi connectivity index (χ1) is 17.0. The van der Waals surface area contributed by atoms with E-state index in [1.807, 2.05) is 30.3 Å². The average molecular weight is 478 g/mol. The van der Waals surface area contributed by atoms with Gasteiger partial charge in [0.2, 0.25) is 0 Å². The molecule has 0 unspecified atom stereocenters. The van der Waals surface area contributed by atoms with Crippen molar-refractivity contribution in [1.82, 2.24) is 0 Å². The van der Waals surface area contributed by atoms with E-state index in [0.717, 1.165) is 12.0 Å². The predicted molar refractivity (Wildman–Crippen MR) is 121 cm³/mol. The zero-order chi connectivity index (χ0) is 24.4. The third-order valence-corrected chi connectivity index (χ3v) is 7.17. The van der Waals surface area contributed by atoms with E-state index in [1.54, 1.807) is 30.3 Å². The van der Waals surface area contributed by atoms with E-state index in [0.29, 0.717) is 18.4 Å². The van der Waals surface area contributed by atoms with Gasteiger partial charge in [0.05, 0.1) is 24.2 Å². The van der Waals surface area contributed by atoms with Crippen molar-refractivity contribution < 1.29 is 38.1 Å². The lowest BCUT2D eigenvalue weighted by Crippen LogP contribution is -2.51. The molecule has 2 bridgehead atoms. The van der Waals surface area contributed by atoms with Crippen molar-refractivity contribution in [3.05, 3.63) is 71.8 Å². The normalized spacial score (nSPS) is 28.5. The highest BCUT2D eigenvalue weighted by atomic mass is 16.6. The minimum Gasteiger partial charge on any atom is -0.465 e. The van der Waals surface area contributed by atoms with Gasteiger partial charge in [-0.05, 0) is 37.0 Å². The third-order valence-electron chi connectivity index (χ3n) is 7.17. The van der Waals surface area contributed by atoms with Gasteiger partial charge in [-0.2, -0.15) is 0 Å². The molecule has 3 aliphatic rings. The minimum absolute atomic E-state index is 0.00818. The molecule has 3 fully saturated rings. The van der Waals surface area contributed by atoms with Gasteiger partial charge in [0, 0.05) is 12.3 Å². The Kier molecular flexibility index (Phi) is 6.38. The summed E-state index contributed by atoms with van der Waals surface area (Å²) in [7, 11) is 0. The first-order valence-corrected chi connectivity index (χ1v) is 11.8. The molecule has 5 atom stereocenters. The molecule has 0 amide bonds. The Morgan fingerprint density at radius 3 is 2.40 bits per heavy atom. The second kappa shape index (κ2) is 9.62. The zero-order valence-corrected chi connectivity index (χ0v) is 19.1. The molecule has 0 saturated carbocycles. The second-order valence-electron chi connectivity index (χ2n) is 9.25. The Bertz CT molecular complexity index is 1110. The van der Waals surface area contributed by atoms with Crippen LogP contribution in [0.2, 0.25) is 0 Å². The molecule has 3 aliphatic heterocycles. The van der Waals surface area contributed by atoms with Gasteiger partial charge in [0.25, 0.3) is 0 Å². The van der Waals surface area contributed by atoms with E-state index in [1.165, 1.54) is 0 Å². The highest BCUT2D eigenvalue weighted by Crippen LogP contribution is 2.57. The maximum Gasteiger partial charge on any atom is 0.338 e. The Morgan fingerprint density at radius 1 is 0.943 bits per heavy atom. The maximum atomic E-state index is 12.6. The van der Waals surface area contributed by atoms with Gasteiger partial charge in [-0.25, -0.2) is 4.79 Å². The Hall–Kier alpha value is -3.52. The van der Waals surface area contributed by atoms with Crippen LogP contribution in [0.15, 0.2) is 60.7 Å². The number of benzene rings is 2. The zero-order valence-electron chi connectivity index (χ0n) is 19.1. The molecule has 3 saturated heterocycles. The molecule has 2 aromatic carbocycles. The number of hydrogen-bond donors (Lipinski definition) is 0. The topological polar surface area (TPSA) is 105 Å². The molecular formula is C27H26O8. The number of aryl methyl sites for hydroxylation is 1. The SMILES string of the molecule is O=C(CCCc1ccccc1)OC[C@@H]1C[C@H]2O[C@]1(COC(=O)c1ccccc1)[C@@H]1C(=O)OC(=O)[C@@H]12. The number of cyclic esters (lactones) is 2. The van der Waals surface area contributed by atoms with Crippen LogP contribution in [-0.4, -0.2) is 48.8 Å². The summed E-state index contributed by atoms with van der Waals surface area (Å²) in [6, 6.07) is 18.3. The molecule has 0 radical (unpaired) electrons. The third kappa shape index (κ3) is 4.46. The molecule has 8 heteroatoms. The Balaban J connectivity index is 1.23. The van der Waals surface area contributed by atoms with E-state index in [9.17, 15) is 19.2 Å². The lowest BCUT2D eigenvalue weighted by Gasteiger charge is -2.35. The van der Waals surface area contributed by atoms with Crippen LogP contribution in [0.25, 0.3) is 0 Å². The van der Waals surface area contributed by atoms with Gasteiger partial charge in [-0.1, -0.05) is 48.5 Å². The van der Waals surface area contributed by atoms with Crippen LogP contribution >= 0.6 is 0 Å². The summed E-state index contributed by atoms with van der Waals surface area (Å²) in [6.07, 6.45) is 1.54. The summed E-state index contributed by atoms with van der Waals surface area (Å²) >= 11 is 0. The molecular weight excluding hydrogens is 452 g/mol. The Labute approximate surface area is 202 Å². The van der Waals surface area contributed by atoms with Crippen LogP contribution in [0.5, 0.6) is 0 Å². The number of carbonyl (C=O) groups excluding carboxylic acids is 4. The Morgan fingerprint density at radius 2 is 1.66 bits per heavy atom. The van der Waals surface area contributed by atoms with Crippen molar-refractivity contribution in [3.63, 3.8) is 0 Å². The quantitative estimate of drug-likeness (QED) is 0.308. The molecule has 182 valence electrons. The number of carbonyl (C=O) groups is 4. The molecule has 5 rings (SSSR count). The van der Waals surface area contributed by atoms with Crippen LogP contribution in [0.3, 0.4) is 0 Å². The summed E-state index contributed by atoms with van der Waals surface area (Å²) in [4.78, 5) is 49.8. The van der Waals surface area contributed by atoms with Gasteiger partial charge >= 0.3 is 23.9 Å². The number of hydrogen-bond acceptors (Lipinski definition) is 8. The number of ether oxygens (including phenoxy) is 4. The van der Waals surface area contributed by atoms with Crippen LogP contribution in [0.4, 0.5) is 0 Å². The lowest BCUT2D eigenvalue weighted by atomic mass is 9.67. The molecule has 0 aromatic heterocycles. The molecule has 2 aromatic rings. The summed E-state index contributed by atoms with van der Waals surface area (Å²) in [5.41, 5.74) is 0.240. The van der Waals surface area contributed by atoms with Crippen molar-refractivity contribution in [2.45, 2.75) is 37.4 Å². The molecule has 3 heterocycles. The van der Waals surface area contributed by atoms with Crippen molar-refractivity contribution in [2.75, 3.05) is 13.2 Å². The van der Waals surface area contributed by atoms with Gasteiger partial charge in [-0.3, -0.25) is 14.4 Å². The van der Waals surface area contributed by atoms with Crippen LogP contribution < -0.4 is 0 Å². The molecule has 35 heavy (non-hydrogen) atoms. The largest absolute Gasteiger partial charge is 0.465 e. The highest BCUT2D eigenvalue weighted by molar-refractivity contribution is 5.98. The average Bonchev–Trinajstić information content (AvgIpc) is 3.51. The summed E-state index contributed by atoms with van der Waals surface area (Å²) < 4.78 is 22.1. The van der Waals surface area contributed by atoms with Crippen LogP contribution in [0, 0.1) is 17.8 Å².